The average Bonchev–Trinajstić information content (AvgIpc) is 3.38. The maximum atomic E-state index is 13.5. The Labute approximate surface area is 224 Å². The molecule has 6 nitrogen and oxygen atoms in total. The third-order valence-corrected chi connectivity index (χ3v) is 7.04. The number of pyridine rings is 1. The summed E-state index contributed by atoms with van der Waals surface area (Å²) in [7, 11) is 0. The Morgan fingerprint density at radius 2 is 1.79 bits per heavy atom. The molecule has 4 rings (SSSR count). The number of nitriles is 1. The summed E-state index contributed by atoms with van der Waals surface area (Å²) in [6.07, 6.45) is 10.2. The van der Waals surface area contributed by atoms with Crippen molar-refractivity contribution in [2.24, 2.45) is 5.92 Å². The van der Waals surface area contributed by atoms with E-state index >= 15 is 0 Å². The number of anilines is 1. The lowest BCUT2D eigenvalue weighted by Crippen LogP contribution is -2.16. The van der Waals surface area contributed by atoms with Gasteiger partial charge in [-0.2, -0.15) is 5.26 Å². The fraction of sp³-hybridized carbons (Fsp3) is 0.312. The minimum Gasteiger partial charge on any atom is -0.462 e. The Kier molecular flexibility index (Phi) is 9.05. The number of hydrogen-bond donors (Lipinski definition) is 0. The van der Waals surface area contributed by atoms with Gasteiger partial charge in [-0.25, -0.2) is 4.79 Å². The van der Waals surface area contributed by atoms with E-state index in [4.69, 9.17) is 4.74 Å². The molecule has 1 aliphatic rings. The quantitative estimate of drug-likeness (QED) is 0.165. The molecule has 0 bridgehead atoms. The molecular formula is C32H33N3O3. The number of ether oxygens (including phenoxy) is 1. The van der Waals surface area contributed by atoms with Crippen molar-refractivity contribution in [2.75, 3.05) is 18.1 Å². The lowest BCUT2D eigenvalue weighted by Gasteiger charge is -2.18. The number of nitrogens with zero attached hydrogens (tertiary/aromatic N) is 3. The van der Waals surface area contributed by atoms with Gasteiger partial charge < -0.3 is 9.64 Å². The van der Waals surface area contributed by atoms with E-state index in [1.807, 2.05) is 18.3 Å². The molecule has 2 heterocycles. The van der Waals surface area contributed by atoms with Crippen molar-refractivity contribution in [3.63, 3.8) is 0 Å². The van der Waals surface area contributed by atoms with Gasteiger partial charge in [0.05, 0.1) is 23.8 Å². The molecule has 0 aliphatic carbocycles. The lowest BCUT2D eigenvalue weighted by molar-refractivity contribution is 0.0428. The van der Waals surface area contributed by atoms with Crippen LogP contribution in [-0.2, 0) is 11.2 Å². The minimum absolute atomic E-state index is 0.126. The van der Waals surface area contributed by atoms with Gasteiger partial charge in [0.1, 0.15) is 0 Å². The second kappa shape index (κ2) is 12.8. The van der Waals surface area contributed by atoms with Gasteiger partial charge in [0.2, 0.25) is 0 Å². The van der Waals surface area contributed by atoms with Gasteiger partial charge in [-0.05, 0) is 72.4 Å². The average molecular weight is 508 g/mol. The van der Waals surface area contributed by atoms with Crippen molar-refractivity contribution in [1.29, 1.82) is 5.26 Å². The van der Waals surface area contributed by atoms with Crippen LogP contribution in [-0.4, -0.2) is 29.9 Å². The topological polar surface area (TPSA) is 83.3 Å². The van der Waals surface area contributed by atoms with E-state index in [1.54, 1.807) is 54.9 Å². The Balaban J connectivity index is 1.57. The first-order chi connectivity index (χ1) is 18.5. The van der Waals surface area contributed by atoms with Crippen LogP contribution in [0.3, 0.4) is 0 Å². The van der Waals surface area contributed by atoms with Gasteiger partial charge in [0, 0.05) is 42.0 Å². The summed E-state index contributed by atoms with van der Waals surface area (Å²) in [6.45, 7) is 5.44. The predicted molar refractivity (Wildman–Crippen MR) is 149 cm³/mol. The molecule has 1 aliphatic heterocycles. The van der Waals surface area contributed by atoms with Crippen LogP contribution in [0.2, 0.25) is 0 Å². The summed E-state index contributed by atoms with van der Waals surface area (Å²) in [5, 5.41) is 9.18. The van der Waals surface area contributed by atoms with Gasteiger partial charge in [-0.15, -0.1) is 0 Å². The first-order valence-corrected chi connectivity index (χ1v) is 13.3. The molecule has 0 amide bonds. The second-order valence-electron chi connectivity index (χ2n) is 9.60. The zero-order valence-corrected chi connectivity index (χ0v) is 22.0. The van der Waals surface area contributed by atoms with Crippen LogP contribution in [0.25, 0.3) is 5.57 Å². The first kappa shape index (κ1) is 26.8. The number of hydrogen-bond acceptors (Lipinski definition) is 6. The molecule has 2 aromatic carbocycles. The summed E-state index contributed by atoms with van der Waals surface area (Å²) in [4.78, 5) is 32.3. The smallest absolute Gasteiger partial charge is 0.338 e. The maximum Gasteiger partial charge on any atom is 0.338 e. The maximum absolute atomic E-state index is 13.5. The van der Waals surface area contributed by atoms with Crippen molar-refractivity contribution in [3.8, 4) is 6.07 Å². The Morgan fingerprint density at radius 1 is 1.05 bits per heavy atom. The monoisotopic (exact) mass is 507 g/mol. The summed E-state index contributed by atoms with van der Waals surface area (Å²) in [5.41, 5.74) is 4.89. The highest BCUT2D eigenvalue weighted by Crippen LogP contribution is 2.32. The first-order valence-electron chi connectivity index (χ1n) is 13.3. The molecule has 0 saturated heterocycles. The number of carbonyl (C=O) groups is 2. The highest BCUT2D eigenvalue weighted by molar-refractivity contribution is 6.29. The number of rotatable bonds is 11. The Hall–Kier alpha value is -4.24. The fourth-order valence-electron chi connectivity index (χ4n) is 4.67. The standard InChI is InChI=1S/C32H33N3O3/c1-3-5-6-23(4-2)22-38-32(37)28-11-12-30-27(19-28)15-18-35(30)21-29(25-9-7-24(20-33)8-10-25)31(36)26-13-16-34-17-14-26/h7-14,16-17,19,21,23H,3-6,15,18,22H2,1-2H3/b29-21+. The molecule has 1 unspecified atom stereocenters. The van der Waals surface area contributed by atoms with Crippen LogP contribution in [0.1, 0.15) is 76.9 Å². The van der Waals surface area contributed by atoms with E-state index in [9.17, 15) is 14.9 Å². The van der Waals surface area contributed by atoms with E-state index in [0.29, 0.717) is 41.3 Å². The molecule has 0 saturated carbocycles. The van der Waals surface area contributed by atoms with Crippen molar-refractivity contribution < 1.29 is 14.3 Å². The van der Waals surface area contributed by atoms with E-state index in [0.717, 1.165) is 48.9 Å². The molecular weight excluding hydrogens is 474 g/mol. The van der Waals surface area contributed by atoms with Crippen LogP contribution in [0, 0.1) is 17.2 Å². The summed E-state index contributed by atoms with van der Waals surface area (Å²) < 4.78 is 5.65. The number of aromatic nitrogens is 1. The summed E-state index contributed by atoms with van der Waals surface area (Å²) >= 11 is 0. The molecule has 0 fully saturated rings. The van der Waals surface area contributed by atoms with Crippen LogP contribution in [0.4, 0.5) is 5.69 Å². The Morgan fingerprint density at radius 3 is 2.47 bits per heavy atom. The number of fused-ring (bicyclic) bond motifs is 1. The van der Waals surface area contributed by atoms with Gasteiger partial charge in [0.15, 0.2) is 5.78 Å². The predicted octanol–water partition coefficient (Wildman–Crippen LogP) is 6.61. The van der Waals surface area contributed by atoms with Gasteiger partial charge in [-0.3, -0.25) is 9.78 Å². The minimum atomic E-state index is -0.289. The third-order valence-electron chi connectivity index (χ3n) is 7.04. The van der Waals surface area contributed by atoms with Gasteiger partial charge in [0.25, 0.3) is 0 Å². The van der Waals surface area contributed by atoms with E-state index in [1.165, 1.54) is 0 Å². The van der Waals surface area contributed by atoms with E-state index in [-0.39, 0.29) is 11.8 Å². The molecule has 0 N–H and O–H groups in total. The molecule has 6 heteroatoms. The SMILES string of the molecule is CCCCC(CC)COC(=O)c1ccc2c(c1)CCN2/C=C(/C(=O)c1ccncc1)c1ccc(C#N)cc1. The molecule has 1 atom stereocenters. The lowest BCUT2D eigenvalue weighted by atomic mass is 9.97. The van der Waals surface area contributed by atoms with Crippen LogP contribution in [0.5, 0.6) is 0 Å². The fourth-order valence-corrected chi connectivity index (χ4v) is 4.67. The van der Waals surface area contributed by atoms with Crippen molar-refractivity contribution in [3.05, 3.63) is 101 Å². The van der Waals surface area contributed by atoms with Crippen LogP contribution in [0.15, 0.2) is 73.2 Å². The molecule has 1 aromatic heterocycles. The molecule has 38 heavy (non-hydrogen) atoms. The normalized spacial score (nSPS) is 13.5. The summed E-state index contributed by atoms with van der Waals surface area (Å²) in [5.74, 6) is -0.0188. The zero-order valence-electron chi connectivity index (χ0n) is 22.0. The number of benzene rings is 2. The second-order valence-corrected chi connectivity index (χ2v) is 9.60. The van der Waals surface area contributed by atoms with Crippen LogP contribution < -0.4 is 4.90 Å². The highest BCUT2D eigenvalue weighted by Gasteiger charge is 2.23. The van der Waals surface area contributed by atoms with E-state index < -0.39 is 0 Å². The van der Waals surface area contributed by atoms with Crippen molar-refractivity contribution >= 4 is 23.0 Å². The summed E-state index contributed by atoms with van der Waals surface area (Å²) in [6, 6.07) is 18.2. The van der Waals surface area contributed by atoms with Crippen molar-refractivity contribution in [2.45, 2.75) is 46.0 Å². The largest absolute Gasteiger partial charge is 0.462 e. The number of ketones is 1. The number of unbranched alkanes of at least 4 members (excludes halogenated alkanes) is 1. The number of allylic oxidation sites excluding steroid dienone is 1. The van der Waals surface area contributed by atoms with Crippen LogP contribution >= 0.6 is 0 Å². The zero-order chi connectivity index (χ0) is 26.9. The van der Waals surface area contributed by atoms with Gasteiger partial charge in [-0.1, -0.05) is 45.2 Å². The van der Waals surface area contributed by atoms with E-state index in [2.05, 4.69) is 29.8 Å². The highest BCUT2D eigenvalue weighted by atomic mass is 16.5. The van der Waals surface area contributed by atoms with Crippen molar-refractivity contribution in [1.82, 2.24) is 4.98 Å². The molecule has 0 spiro atoms. The molecule has 3 aromatic rings. The molecule has 194 valence electrons. The number of carbonyl (C=O) groups excluding carboxylic acids is 2. The molecule has 0 radical (unpaired) electrons. The Bertz CT molecular complexity index is 1340. The number of esters is 1. The van der Waals surface area contributed by atoms with Gasteiger partial charge >= 0.3 is 5.97 Å². The third kappa shape index (κ3) is 6.36. The number of Topliss-reactive ketones (excluding diaryl/α,β-unsaturated/α-hetero) is 1.